The van der Waals surface area contributed by atoms with Gasteiger partial charge in [-0.2, -0.15) is 5.10 Å². The molecule has 2 aromatic rings. The quantitative estimate of drug-likeness (QED) is 0.825. The maximum absolute atomic E-state index is 10.7. The summed E-state index contributed by atoms with van der Waals surface area (Å²) in [4.78, 5) is 7.44. The van der Waals surface area contributed by atoms with Gasteiger partial charge in [-0.1, -0.05) is 0 Å². The van der Waals surface area contributed by atoms with Gasteiger partial charge in [-0.3, -0.25) is 14.5 Å². The maximum atomic E-state index is 10.7. The molecule has 0 unspecified atom stereocenters. The predicted octanol–water partition coefficient (Wildman–Crippen LogP) is 1.37. The minimum absolute atomic E-state index is 0.0136. The first-order valence-corrected chi connectivity index (χ1v) is 10.3. The van der Waals surface area contributed by atoms with Gasteiger partial charge in [0.2, 0.25) is 0 Å². The number of hydrogen-bond donors (Lipinski definition) is 2. The number of aryl methyl sites for hydroxylation is 2. The Kier molecular flexibility index (Phi) is 5.16. The number of aliphatic hydroxyl groups excluding tert-OH is 2. The second-order valence-corrected chi connectivity index (χ2v) is 8.78. The van der Waals surface area contributed by atoms with E-state index >= 15 is 0 Å². The molecule has 0 amide bonds. The third-order valence-electron chi connectivity index (χ3n) is 5.68. The Bertz CT molecular complexity index is 772. The lowest BCUT2D eigenvalue weighted by atomic mass is 10.0. The molecule has 1 saturated heterocycles. The van der Waals surface area contributed by atoms with Gasteiger partial charge in [-0.25, -0.2) is 0 Å². The van der Waals surface area contributed by atoms with E-state index in [1.807, 2.05) is 16.0 Å². The Morgan fingerprint density at radius 3 is 2.85 bits per heavy atom. The van der Waals surface area contributed by atoms with Crippen LogP contribution in [0.4, 0.5) is 0 Å². The number of aromatic nitrogens is 2. The van der Waals surface area contributed by atoms with Crippen molar-refractivity contribution in [3.8, 4) is 0 Å². The van der Waals surface area contributed by atoms with Gasteiger partial charge >= 0.3 is 0 Å². The summed E-state index contributed by atoms with van der Waals surface area (Å²) in [5.74, 6) is 0. The van der Waals surface area contributed by atoms with E-state index in [-0.39, 0.29) is 18.8 Å². The Morgan fingerprint density at radius 1 is 1.31 bits per heavy atom. The molecule has 2 aliphatic rings. The maximum Gasteiger partial charge on any atom is 0.0926 e. The van der Waals surface area contributed by atoms with E-state index in [1.54, 1.807) is 0 Å². The lowest BCUT2D eigenvalue weighted by molar-refractivity contribution is 0.0736. The fourth-order valence-corrected chi connectivity index (χ4v) is 5.31. The summed E-state index contributed by atoms with van der Waals surface area (Å²) in [6.07, 6.45) is 0.611. The molecule has 4 heterocycles. The number of fused-ring (bicyclic) bond motifs is 1. The molecule has 0 radical (unpaired) electrons. The zero-order valence-corrected chi connectivity index (χ0v) is 16.4. The van der Waals surface area contributed by atoms with Crippen molar-refractivity contribution in [1.82, 2.24) is 19.6 Å². The van der Waals surface area contributed by atoms with Gasteiger partial charge < -0.3 is 10.2 Å². The molecule has 142 valence electrons. The molecular formula is C19H28N4O2S. The number of rotatable bonds is 5. The zero-order chi connectivity index (χ0) is 18.3. The first-order valence-electron chi connectivity index (χ1n) is 9.47. The Hall–Kier alpha value is -1.25. The van der Waals surface area contributed by atoms with E-state index in [4.69, 9.17) is 0 Å². The van der Waals surface area contributed by atoms with Crippen LogP contribution in [0.15, 0.2) is 12.1 Å². The topological polar surface area (TPSA) is 64.8 Å². The molecule has 0 aromatic carbocycles. The van der Waals surface area contributed by atoms with E-state index in [0.717, 1.165) is 51.4 Å². The highest BCUT2D eigenvalue weighted by atomic mass is 32.1. The van der Waals surface area contributed by atoms with Gasteiger partial charge in [0.1, 0.15) is 0 Å². The highest BCUT2D eigenvalue weighted by Crippen LogP contribution is 2.28. The van der Waals surface area contributed by atoms with Crippen molar-refractivity contribution in [3.63, 3.8) is 0 Å². The molecule has 2 aliphatic heterocycles. The van der Waals surface area contributed by atoms with Crippen LogP contribution in [0.25, 0.3) is 0 Å². The Labute approximate surface area is 158 Å². The van der Waals surface area contributed by atoms with Gasteiger partial charge in [-0.15, -0.1) is 11.3 Å². The van der Waals surface area contributed by atoms with Crippen molar-refractivity contribution in [1.29, 1.82) is 0 Å². The summed E-state index contributed by atoms with van der Waals surface area (Å²) in [6.45, 7) is 9.30. The number of aliphatic hydroxyl groups is 2. The number of thiophene rings is 1. The molecule has 0 bridgehead atoms. The van der Waals surface area contributed by atoms with Crippen molar-refractivity contribution in [2.24, 2.45) is 0 Å². The van der Waals surface area contributed by atoms with Crippen LogP contribution in [0.1, 0.15) is 33.6 Å². The van der Waals surface area contributed by atoms with E-state index in [1.165, 1.54) is 21.0 Å². The molecule has 0 aliphatic carbocycles. The molecule has 2 aromatic heterocycles. The van der Waals surface area contributed by atoms with Crippen LogP contribution in [-0.2, 0) is 32.7 Å². The highest BCUT2D eigenvalue weighted by Gasteiger charge is 2.38. The number of hydrogen-bond acceptors (Lipinski definition) is 6. The van der Waals surface area contributed by atoms with E-state index in [0.29, 0.717) is 0 Å². The average molecular weight is 377 g/mol. The fraction of sp³-hybridized carbons (Fsp3) is 0.632. The lowest BCUT2D eigenvalue weighted by Gasteiger charge is -2.34. The van der Waals surface area contributed by atoms with Crippen LogP contribution < -0.4 is 0 Å². The van der Waals surface area contributed by atoms with Gasteiger partial charge in [0, 0.05) is 72.7 Å². The van der Waals surface area contributed by atoms with Gasteiger partial charge in [0.05, 0.1) is 18.4 Å². The summed E-state index contributed by atoms with van der Waals surface area (Å²) in [7, 11) is 0. The SMILES string of the molecule is CCn1nc(CO)c2c1CCN([C@H]1CN(Cc3ccc(C)s3)C[C@@H]1O)C2. The van der Waals surface area contributed by atoms with Crippen molar-refractivity contribution in [3.05, 3.63) is 38.8 Å². The third-order valence-corrected chi connectivity index (χ3v) is 6.66. The summed E-state index contributed by atoms with van der Waals surface area (Å²) in [5, 5.41) is 24.9. The average Bonchev–Trinajstić information content (AvgIpc) is 3.31. The molecule has 0 saturated carbocycles. The highest BCUT2D eigenvalue weighted by molar-refractivity contribution is 7.11. The van der Waals surface area contributed by atoms with Gasteiger partial charge in [0.15, 0.2) is 0 Å². The molecule has 1 fully saturated rings. The molecule has 2 atom stereocenters. The molecule has 0 spiro atoms. The van der Waals surface area contributed by atoms with Crippen LogP contribution in [0.2, 0.25) is 0 Å². The van der Waals surface area contributed by atoms with Crippen LogP contribution in [0, 0.1) is 6.92 Å². The van der Waals surface area contributed by atoms with Gasteiger partial charge in [0.25, 0.3) is 0 Å². The molecule has 26 heavy (non-hydrogen) atoms. The van der Waals surface area contributed by atoms with Crippen LogP contribution >= 0.6 is 11.3 Å². The molecule has 6 nitrogen and oxygen atoms in total. The molecule has 4 rings (SSSR count). The molecule has 2 N–H and O–H groups in total. The third kappa shape index (κ3) is 3.34. The minimum Gasteiger partial charge on any atom is -0.390 e. The smallest absolute Gasteiger partial charge is 0.0926 e. The number of nitrogens with zero attached hydrogens (tertiary/aromatic N) is 4. The fourth-order valence-electron chi connectivity index (χ4n) is 4.38. The van der Waals surface area contributed by atoms with Crippen LogP contribution in [0.5, 0.6) is 0 Å². The van der Waals surface area contributed by atoms with E-state index in [9.17, 15) is 10.2 Å². The number of β-amino-alcohol motifs (C(OH)–C–C–N with tert-alkyl or cyclic N) is 1. The minimum atomic E-state index is -0.323. The van der Waals surface area contributed by atoms with Crippen molar-refractivity contribution in [2.75, 3.05) is 19.6 Å². The zero-order valence-electron chi connectivity index (χ0n) is 15.6. The first kappa shape index (κ1) is 18.1. The second kappa shape index (κ2) is 7.40. The largest absolute Gasteiger partial charge is 0.390 e. The Balaban J connectivity index is 1.46. The predicted molar refractivity (Wildman–Crippen MR) is 102 cm³/mol. The van der Waals surface area contributed by atoms with Crippen molar-refractivity contribution in [2.45, 2.75) is 58.7 Å². The van der Waals surface area contributed by atoms with E-state index < -0.39 is 0 Å². The summed E-state index contributed by atoms with van der Waals surface area (Å²) in [6, 6.07) is 4.51. The Morgan fingerprint density at radius 2 is 2.15 bits per heavy atom. The first-order chi connectivity index (χ1) is 12.6. The lowest BCUT2D eigenvalue weighted by Crippen LogP contribution is -2.46. The van der Waals surface area contributed by atoms with Gasteiger partial charge in [-0.05, 0) is 26.0 Å². The van der Waals surface area contributed by atoms with E-state index in [2.05, 4.69) is 40.9 Å². The van der Waals surface area contributed by atoms with Crippen molar-refractivity contribution >= 4 is 11.3 Å². The molecular weight excluding hydrogens is 348 g/mol. The number of likely N-dealkylation sites (tertiary alicyclic amines) is 1. The monoisotopic (exact) mass is 376 g/mol. The van der Waals surface area contributed by atoms with Crippen LogP contribution in [-0.4, -0.2) is 61.6 Å². The second-order valence-electron chi connectivity index (χ2n) is 7.41. The normalized spacial score (nSPS) is 24.3. The summed E-state index contributed by atoms with van der Waals surface area (Å²) < 4.78 is 2.02. The standard InChI is InChI=1S/C19H28N4O2S/c1-3-23-17-6-7-22(9-15(17)16(12-24)20-23)18-10-21(11-19(18)25)8-14-5-4-13(2)26-14/h4-5,18-19,24-25H,3,6-12H2,1-2H3/t18-,19-/m0/s1. The molecule has 7 heteroatoms. The van der Waals surface area contributed by atoms with Crippen LogP contribution in [0.3, 0.4) is 0 Å². The summed E-state index contributed by atoms with van der Waals surface area (Å²) in [5.41, 5.74) is 3.22. The summed E-state index contributed by atoms with van der Waals surface area (Å²) >= 11 is 1.84. The van der Waals surface area contributed by atoms with Crippen molar-refractivity contribution < 1.29 is 10.2 Å².